The van der Waals surface area contributed by atoms with E-state index in [1.165, 1.54) is 24.3 Å². The van der Waals surface area contributed by atoms with Crippen LogP contribution in [0.4, 0.5) is 11.4 Å². The number of benzene rings is 2. The molecule has 155 valence electrons. The molecule has 3 rings (SSSR count). The van der Waals surface area contributed by atoms with Crippen LogP contribution in [-0.4, -0.2) is 30.9 Å². The van der Waals surface area contributed by atoms with Gasteiger partial charge in [0.2, 0.25) is 0 Å². The molecular formula is C15H7CrN3NaO9S2. The van der Waals surface area contributed by atoms with Gasteiger partial charge in [-0.3, -0.25) is 9.54 Å². The first-order valence-electron chi connectivity index (χ1n) is 7.36. The first-order chi connectivity index (χ1) is 13.4. The minimum Gasteiger partial charge on any atom is -0.870 e. The molecule has 1 aromatic heterocycles. The molecule has 0 aliphatic heterocycles. The summed E-state index contributed by atoms with van der Waals surface area (Å²) in [4.78, 5) is 0.981. The van der Waals surface area contributed by atoms with Crippen LogP contribution in [0.2, 0.25) is 0 Å². The van der Waals surface area contributed by atoms with Crippen LogP contribution in [0.25, 0.3) is 10.9 Å². The Morgan fingerprint density at radius 2 is 1.55 bits per heavy atom. The third-order valence-corrected chi connectivity index (χ3v) is 5.29. The Kier molecular flexibility index (Phi) is 8.59. The Hall–Kier alpha value is -1.80. The number of fused-ring (bicyclic) bond motifs is 1. The minimum atomic E-state index is -5.25. The summed E-state index contributed by atoms with van der Waals surface area (Å²) < 4.78 is 65.2. The monoisotopic (exact) mass is 512 g/mol. The molecule has 0 spiro atoms. The Morgan fingerprint density at radius 3 is 2.13 bits per heavy atom. The van der Waals surface area contributed by atoms with Crippen molar-refractivity contribution in [1.82, 2.24) is 4.98 Å². The average molecular weight is 512 g/mol. The molecule has 12 nitrogen and oxygen atoms in total. The molecule has 0 saturated carbocycles. The van der Waals surface area contributed by atoms with Crippen LogP contribution in [0.3, 0.4) is 0 Å². The van der Waals surface area contributed by atoms with E-state index in [1.54, 1.807) is 0 Å². The zero-order valence-electron chi connectivity index (χ0n) is 15.2. The Bertz CT molecular complexity index is 1400. The molecule has 0 bridgehead atoms. The third-order valence-electron chi connectivity index (χ3n) is 3.62. The van der Waals surface area contributed by atoms with Crippen molar-refractivity contribution in [2.24, 2.45) is 10.2 Å². The van der Waals surface area contributed by atoms with E-state index in [0.717, 1.165) is 0 Å². The molecule has 16 heteroatoms. The van der Waals surface area contributed by atoms with E-state index >= 15 is 0 Å². The SMILES string of the molecule is O=S(=O)([O-])c1cc(N=Nc2c([O-])nc3ccccc3c2[O-])c([O-])c(S(=O)(=O)O)c1.[Cr+3].[Na+]. The average Bonchev–Trinajstić information content (AvgIpc) is 2.60. The predicted octanol–water partition coefficient (Wildman–Crippen LogP) is -2.98. The van der Waals surface area contributed by atoms with Crippen molar-refractivity contribution in [2.75, 3.05) is 0 Å². The number of rotatable bonds is 4. The molecule has 0 aliphatic rings. The maximum absolute atomic E-state index is 12.4. The summed E-state index contributed by atoms with van der Waals surface area (Å²) in [5.74, 6) is -3.50. The topological polar surface area (TPSA) is 218 Å². The molecule has 0 saturated heterocycles. The van der Waals surface area contributed by atoms with Gasteiger partial charge in [0, 0.05) is 5.88 Å². The van der Waals surface area contributed by atoms with Crippen molar-refractivity contribution in [3.8, 4) is 17.4 Å². The Morgan fingerprint density at radius 1 is 0.935 bits per heavy atom. The number of pyridine rings is 1. The quantitative estimate of drug-likeness (QED) is 0.212. The fraction of sp³-hybridized carbons (Fsp3) is 0. The van der Waals surface area contributed by atoms with E-state index in [4.69, 9.17) is 4.55 Å². The molecule has 0 atom stereocenters. The number of hydrogen-bond acceptors (Lipinski definition) is 11. The predicted molar refractivity (Wildman–Crippen MR) is 88.5 cm³/mol. The van der Waals surface area contributed by atoms with Crippen molar-refractivity contribution in [3.63, 3.8) is 0 Å². The van der Waals surface area contributed by atoms with Gasteiger partial charge in [0.15, 0.2) is 0 Å². The zero-order chi connectivity index (χ0) is 21.6. The largest absolute Gasteiger partial charge is 3.00 e. The molecule has 0 aliphatic carbocycles. The van der Waals surface area contributed by atoms with Gasteiger partial charge in [-0.2, -0.15) is 18.6 Å². The number of azo groups is 1. The van der Waals surface area contributed by atoms with Gasteiger partial charge >= 0.3 is 46.9 Å². The molecule has 2 aromatic carbocycles. The molecule has 3 aromatic rings. The number of nitrogens with zero attached hydrogens (tertiary/aromatic N) is 3. The Labute approximate surface area is 208 Å². The van der Waals surface area contributed by atoms with Crippen molar-refractivity contribution < 1.29 is 88.2 Å². The third kappa shape index (κ3) is 5.72. The van der Waals surface area contributed by atoms with Gasteiger partial charge in [0.1, 0.15) is 10.1 Å². The number of aromatic nitrogens is 1. The van der Waals surface area contributed by atoms with Gasteiger partial charge in [0.05, 0.1) is 26.7 Å². The smallest absolute Gasteiger partial charge is 0.870 e. The summed E-state index contributed by atoms with van der Waals surface area (Å²) in [6.45, 7) is 0. The van der Waals surface area contributed by atoms with E-state index in [9.17, 15) is 36.7 Å². The van der Waals surface area contributed by atoms with E-state index in [0.29, 0.717) is 6.07 Å². The zero-order valence-corrected chi connectivity index (χ0v) is 20.2. The van der Waals surface area contributed by atoms with Crippen LogP contribution in [0.1, 0.15) is 0 Å². The molecule has 1 N–H and O–H groups in total. The summed E-state index contributed by atoms with van der Waals surface area (Å²) in [5.41, 5.74) is -1.76. The van der Waals surface area contributed by atoms with Crippen molar-refractivity contribution in [1.29, 1.82) is 0 Å². The first-order valence-corrected chi connectivity index (χ1v) is 10.2. The molecular weight excluding hydrogens is 505 g/mol. The summed E-state index contributed by atoms with van der Waals surface area (Å²) in [5, 5.41) is 43.0. The summed E-state index contributed by atoms with van der Waals surface area (Å²) in [7, 11) is -10.5. The molecule has 0 amide bonds. The molecule has 1 radical (unpaired) electrons. The van der Waals surface area contributed by atoms with Crippen LogP contribution < -0.4 is 44.9 Å². The van der Waals surface area contributed by atoms with Crippen LogP contribution in [0.5, 0.6) is 17.4 Å². The van der Waals surface area contributed by atoms with Crippen LogP contribution in [0.15, 0.2) is 56.4 Å². The second-order valence-electron chi connectivity index (χ2n) is 5.51. The normalized spacial score (nSPS) is 11.8. The van der Waals surface area contributed by atoms with Gasteiger partial charge in [-0.05, 0) is 23.6 Å². The van der Waals surface area contributed by atoms with E-state index in [1.807, 2.05) is 0 Å². The summed E-state index contributed by atoms with van der Waals surface area (Å²) >= 11 is 0. The molecule has 0 unspecified atom stereocenters. The van der Waals surface area contributed by atoms with Gasteiger partial charge < -0.3 is 19.9 Å². The van der Waals surface area contributed by atoms with E-state index < -0.39 is 58.8 Å². The van der Waals surface area contributed by atoms with Crippen LogP contribution >= 0.6 is 0 Å². The second kappa shape index (κ2) is 9.78. The summed E-state index contributed by atoms with van der Waals surface area (Å²) in [6, 6.07) is 6.33. The number of hydrogen-bond donors (Lipinski definition) is 1. The van der Waals surface area contributed by atoms with Crippen LogP contribution in [0, 0.1) is 0 Å². The van der Waals surface area contributed by atoms with Gasteiger partial charge in [-0.25, -0.2) is 8.42 Å². The fourth-order valence-electron chi connectivity index (χ4n) is 2.32. The Balaban J connectivity index is 0.00000240. The maximum atomic E-state index is 12.4. The molecule has 31 heavy (non-hydrogen) atoms. The first kappa shape index (κ1) is 27.2. The van der Waals surface area contributed by atoms with Crippen molar-refractivity contribution in [2.45, 2.75) is 9.79 Å². The van der Waals surface area contributed by atoms with Gasteiger partial charge in [0.25, 0.3) is 10.1 Å². The van der Waals surface area contributed by atoms with Gasteiger partial charge in [-0.1, -0.05) is 29.7 Å². The standard InChI is InChI=1S/C15H11N3O9S2.Cr.Na/c19-13-8-3-1-2-4-9(8)16-15(21)12(13)18-17-10-5-7(28(22,23)24)6-11(14(10)20)29(25,26)27;;/h1-6,20H,(H2,16,19,21)(H,22,23,24)(H,25,26,27);;/q;+3;+1/p-4. The molecule has 0 fully saturated rings. The van der Waals surface area contributed by atoms with Crippen molar-refractivity contribution in [3.05, 3.63) is 36.4 Å². The van der Waals surface area contributed by atoms with E-state index in [2.05, 4.69) is 15.2 Å². The maximum Gasteiger partial charge on any atom is 3.00 e. The minimum absolute atomic E-state index is 0. The summed E-state index contributed by atoms with van der Waals surface area (Å²) in [6.07, 6.45) is 0. The van der Waals surface area contributed by atoms with Crippen LogP contribution in [-0.2, 0) is 37.6 Å². The molecule has 1 heterocycles. The van der Waals surface area contributed by atoms with Gasteiger partial charge in [-0.15, -0.1) is 0 Å². The fourth-order valence-corrected chi connectivity index (χ4v) is 3.52. The van der Waals surface area contributed by atoms with E-state index in [-0.39, 0.29) is 63.9 Å². The number of para-hydroxylation sites is 1. The van der Waals surface area contributed by atoms with Crippen molar-refractivity contribution >= 4 is 42.5 Å². The second-order valence-corrected chi connectivity index (χ2v) is 8.28.